The third-order valence-electron chi connectivity index (χ3n) is 3.63. The van der Waals surface area contributed by atoms with Gasteiger partial charge < -0.3 is 5.11 Å². The van der Waals surface area contributed by atoms with Crippen molar-refractivity contribution >= 4 is 0 Å². The molecule has 0 spiro atoms. The van der Waals surface area contributed by atoms with Crippen LogP contribution < -0.4 is 0 Å². The zero-order valence-corrected chi connectivity index (χ0v) is 9.09. The van der Waals surface area contributed by atoms with E-state index in [1.165, 1.54) is 12.5 Å². The van der Waals surface area contributed by atoms with Crippen LogP contribution in [0.1, 0.15) is 30.4 Å². The molecule has 0 aromatic heterocycles. The van der Waals surface area contributed by atoms with E-state index >= 15 is 0 Å². The summed E-state index contributed by atoms with van der Waals surface area (Å²) in [6, 6.07) is 4.91. The lowest BCUT2D eigenvalue weighted by atomic mass is 9.65. The van der Waals surface area contributed by atoms with Crippen molar-refractivity contribution in [3.8, 4) is 0 Å². The maximum Gasteiger partial charge on any atom is 0.123 e. The van der Waals surface area contributed by atoms with Gasteiger partial charge in [0.15, 0.2) is 0 Å². The van der Waals surface area contributed by atoms with Crippen molar-refractivity contribution in [2.45, 2.75) is 32.6 Å². The van der Waals surface area contributed by atoms with Crippen molar-refractivity contribution in [2.75, 3.05) is 6.61 Å². The van der Waals surface area contributed by atoms with Crippen molar-refractivity contribution in [1.29, 1.82) is 0 Å². The fourth-order valence-electron chi connectivity index (χ4n) is 2.30. The van der Waals surface area contributed by atoms with Crippen LogP contribution in [0.15, 0.2) is 18.2 Å². The molecule has 1 saturated carbocycles. The molecule has 1 aliphatic carbocycles. The number of rotatable bonds is 3. The van der Waals surface area contributed by atoms with Crippen LogP contribution in [-0.2, 0) is 6.42 Å². The van der Waals surface area contributed by atoms with E-state index in [9.17, 15) is 9.50 Å². The largest absolute Gasteiger partial charge is 0.396 e. The monoisotopic (exact) mass is 208 g/mol. The van der Waals surface area contributed by atoms with Gasteiger partial charge in [0.25, 0.3) is 0 Å². The average Bonchev–Trinajstić information content (AvgIpc) is 2.17. The van der Waals surface area contributed by atoms with Gasteiger partial charge >= 0.3 is 0 Å². The minimum absolute atomic E-state index is 0.0402. The maximum absolute atomic E-state index is 13.1. The highest BCUT2D eigenvalue weighted by molar-refractivity contribution is 5.28. The maximum atomic E-state index is 13.1. The fourth-order valence-corrected chi connectivity index (χ4v) is 2.30. The lowest BCUT2D eigenvalue weighted by Gasteiger charge is -2.40. The van der Waals surface area contributed by atoms with Crippen LogP contribution in [0, 0.1) is 18.2 Å². The predicted molar refractivity (Wildman–Crippen MR) is 58.2 cm³/mol. The second-order valence-corrected chi connectivity index (χ2v) is 4.76. The molecule has 0 unspecified atom stereocenters. The van der Waals surface area contributed by atoms with Crippen molar-refractivity contribution in [3.63, 3.8) is 0 Å². The molecule has 2 rings (SSSR count). The third kappa shape index (κ3) is 2.05. The molecule has 0 aliphatic heterocycles. The van der Waals surface area contributed by atoms with E-state index in [0.29, 0.717) is 0 Å². The van der Waals surface area contributed by atoms with Gasteiger partial charge in [-0.2, -0.15) is 0 Å². The van der Waals surface area contributed by atoms with E-state index in [4.69, 9.17) is 0 Å². The Bertz CT molecular complexity index is 350. The number of aryl methyl sites for hydroxylation is 1. The molecule has 1 aliphatic rings. The molecule has 1 N–H and O–H groups in total. The molecule has 1 fully saturated rings. The van der Waals surface area contributed by atoms with E-state index in [2.05, 4.69) is 0 Å². The first-order chi connectivity index (χ1) is 7.15. The Kier molecular flexibility index (Phi) is 2.79. The standard InChI is InChI=1S/C13H17FO/c1-10-3-4-12(14)7-11(10)8-13(9-15)5-2-6-13/h3-4,7,15H,2,5-6,8-9H2,1H3. The van der Waals surface area contributed by atoms with Gasteiger partial charge in [0.2, 0.25) is 0 Å². The number of aliphatic hydroxyl groups is 1. The summed E-state index contributed by atoms with van der Waals surface area (Å²) in [4.78, 5) is 0. The summed E-state index contributed by atoms with van der Waals surface area (Å²) < 4.78 is 13.1. The van der Waals surface area contributed by atoms with E-state index in [-0.39, 0.29) is 17.8 Å². The average molecular weight is 208 g/mol. The quantitative estimate of drug-likeness (QED) is 0.809. The van der Waals surface area contributed by atoms with E-state index in [1.54, 1.807) is 6.07 Å². The molecule has 1 aromatic rings. The van der Waals surface area contributed by atoms with Crippen LogP contribution in [0.2, 0.25) is 0 Å². The first-order valence-electron chi connectivity index (χ1n) is 5.51. The van der Waals surface area contributed by atoms with Crippen LogP contribution in [-0.4, -0.2) is 11.7 Å². The van der Waals surface area contributed by atoms with Gasteiger partial charge in [0.1, 0.15) is 5.82 Å². The smallest absolute Gasteiger partial charge is 0.123 e. The molecule has 0 radical (unpaired) electrons. The number of benzene rings is 1. The van der Waals surface area contributed by atoms with Crippen molar-refractivity contribution in [1.82, 2.24) is 0 Å². The molecule has 0 saturated heterocycles. The highest BCUT2D eigenvalue weighted by atomic mass is 19.1. The summed E-state index contributed by atoms with van der Waals surface area (Å²) >= 11 is 0. The van der Waals surface area contributed by atoms with Gasteiger partial charge in [0, 0.05) is 6.61 Å². The number of hydrogen-bond acceptors (Lipinski definition) is 1. The van der Waals surface area contributed by atoms with Gasteiger partial charge in [-0.3, -0.25) is 0 Å². The summed E-state index contributed by atoms with van der Waals surface area (Å²) in [5.41, 5.74) is 2.21. The molecule has 0 atom stereocenters. The Labute approximate surface area is 89.9 Å². The zero-order valence-electron chi connectivity index (χ0n) is 9.09. The minimum atomic E-state index is -0.178. The van der Waals surface area contributed by atoms with E-state index < -0.39 is 0 Å². The van der Waals surface area contributed by atoms with Crippen LogP contribution in [0.3, 0.4) is 0 Å². The molecule has 0 amide bonds. The Balaban J connectivity index is 2.19. The summed E-state index contributed by atoms with van der Waals surface area (Å²) in [6.45, 7) is 2.22. The molecule has 2 heteroatoms. The van der Waals surface area contributed by atoms with Crippen molar-refractivity contribution in [2.24, 2.45) is 5.41 Å². The molecule has 1 aromatic carbocycles. The highest BCUT2D eigenvalue weighted by Crippen LogP contribution is 2.43. The number of hydrogen-bond donors (Lipinski definition) is 1. The molecule has 0 heterocycles. The van der Waals surface area contributed by atoms with E-state index in [1.807, 2.05) is 13.0 Å². The van der Waals surface area contributed by atoms with Crippen LogP contribution in [0.25, 0.3) is 0 Å². The van der Waals surface area contributed by atoms with Crippen molar-refractivity contribution < 1.29 is 9.50 Å². The SMILES string of the molecule is Cc1ccc(F)cc1CC1(CO)CCC1. The summed E-state index contributed by atoms with van der Waals surface area (Å²) in [6.07, 6.45) is 4.14. The molecule has 0 bridgehead atoms. The Morgan fingerprint density at radius 2 is 2.13 bits per heavy atom. The molecular formula is C13H17FO. The fraction of sp³-hybridized carbons (Fsp3) is 0.538. The second-order valence-electron chi connectivity index (χ2n) is 4.76. The topological polar surface area (TPSA) is 20.2 Å². The molecule has 15 heavy (non-hydrogen) atoms. The highest BCUT2D eigenvalue weighted by Gasteiger charge is 2.36. The lowest BCUT2D eigenvalue weighted by Crippen LogP contribution is -2.35. The van der Waals surface area contributed by atoms with Gasteiger partial charge in [-0.15, -0.1) is 0 Å². The van der Waals surface area contributed by atoms with Crippen LogP contribution in [0.4, 0.5) is 4.39 Å². The van der Waals surface area contributed by atoms with Gasteiger partial charge in [-0.05, 0) is 54.9 Å². The third-order valence-corrected chi connectivity index (χ3v) is 3.63. The lowest BCUT2D eigenvalue weighted by molar-refractivity contribution is 0.0448. The van der Waals surface area contributed by atoms with Gasteiger partial charge in [0.05, 0.1) is 0 Å². The summed E-state index contributed by atoms with van der Waals surface area (Å²) in [5.74, 6) is -0.178. The van der Waals surface area contributed by atoms with Gasteiger partial charge in [-0.1, -0.05) is 12.5 Å². The molecular weight excluding hydrogens is 191 g/mol. The molecule has 1 nitrogen and oxygen atoms in total. The van der Waals surface area contributed by atoms with Crippen LogP contribution in [0.5, 0.6) is 0 Å². The Hall–Kier alpha value is -0.890. The Morgan fingerprint density at radius 1 is 1.40 bits per heavy atom. The van der Waals surface area contributed by atoms with Crippen molar-refractivity contribution in [3.05, 3.63) is 35.1 Å². The molecule has 82 valence electrons. The Morgan fingerprint density at radius 3 is 2.67 bits per heavy atom. The van der Waals surface area contributed by atoms with Gasteiger partial charge in [-0.25, -0.2) is 4.39 Å². The summed E-state index contributed by atoms with van der Waals surface area (Å²) in [7, 11) is 0. The normalized spacial score (nSPS) is 18.6. The summed E-state index contributed by atoms with van der Waals surface area (Å²) in [5, 5.41) is 9.36. The first-order valence-corrected chi connectivity index (χ1v) is 5.51. The second kappa shape index (κ2) is 3.93. The van der Waals surface area contributed by atoms with E-state index in [0.717, 1.165) is 30.4 Å². The van der Waals surface area contributed by atoms with Crippen LogP contribution >= 0.6 is 0 Å². The predicted octanol–water partition coefficient (Wildman–Crippen LogP) is 2.84. The zero-order chi connectivity index (χ0) is 10.9. The number of halogens is 1. The minimum Gasteiger partial charge on any atom is -0.396 e. The number of aliphatic hydroxyl groups excluding tert-OH is 1. The first kappa shape index (κ1) is 10.6.